The van der Waals surface area contributed by atoms with Gasteiger partial charge >= 0.3 is 0 Å². The Morgan fingerprint density at radius 2 is 2.00 bits per heavy atom. The molecule has 0 N–H and O–H groups in total. The van der Waals surface area contributed by atoms with Gasteiger partial charge in [0.1, 0.15) is 5.75 Å². The predicted molar refractivity (Wildman–Crippen MR) is 90.7 cm³/mol. The van der Waals surface area contributed by atoms with Crippen molar-refractivity contribution in [2.24, 2.45) is 11.8 Å². The highest BCUT2D eigenvalue weighted by molar-refractivity contribution is 5.98. The molecule has 1 saturated heterocycles. The van der Waals surface area contributed by atoms with Crippen LogP contribution in [0.25, 0.3) is 0 Å². The van der Waals surface area contributed by atoms with Crippen LogP contribution < -0.4 is 4.74 Å². The molecule has 0 saturated carbocycles. The van der Waals surface area contributed by atoms with Crippen LogP contribution in [0.1, 0.15) is 49.0 Å². The third-order valence-corrected chi connectivity index (χ3v) is 4.62. The van der Waals surface area contributed by atoms with E-state index < -0.39 is 0 Å². The maximum Gasteiger partial charge on any atom is 0.165 e. The Balaban J connectivity index is 1.83. The van der Waals surface area contributed by atoms with Crippen LogP contribution in [0.5, 0.6) is 5.75 Å². The highest BCUT2D eigenvalue weighted by Crippen LogP contribution is 2.22. The van der Waals surface area contributed by atoms with E-state index in [0.717, 1.165) is 35.8 Å². The Kier molecular flexibility index (Phi) is 6.01. The Hall–Kier alpha value is -1.35. The first-order chi connectivity index (χ1) is 10.5. The van der Waals surface area contributed by atoms with Crippen LogP contribution in [0.15, 0.2) is 18.2 Å². The van der Waals surface area contributed by atoms with Crippen molar-refractivity contribution < 1.29 is 9.53 Å². The first-order valence-electron chi connectivity index (χ1n) is 8.43. The van der Waals surface area contributed by atoms with Crippen molar-refractivity contribution in [3.05, 3.63) is 29.3 Å². The molecule has 0 amide bonds. The zero-order valence-electron chi connectivity index (χ0n) is 14.4. The van der Waals surface area contributed by atoms with Crippen molar-refractivity contribution in [2.45, 2.75) is 40.0 Å². The van der Waals surface area contributed by atoms with Crippen LogP contribution in [-0.4, -0.2) is 37.4 Å². The van der Waals surface area contributed by atoms with Gasteiger partial charge in [-0.25, -0.2) is 0 Å². The first-order valence-corrected chi connectivity index (χ1v) is 8.43. The van der Waals surface area contributed by atoms with Gasteiger partial charge in [0.15, 0.2) is 5.78 Å². The number of hydrogen-bond acceptors (Lipinski definition) is 3. The second-order valence-electron chi connectivity index (χ2n) is 6.88. The molecule has 0 aromatic heterocycles. The number of carbonyl (C=O) groups excluding carboxylic acids is 1. The number of piperidine rings is 1. The third-order valence-electron chi connectivity index (χ3n) is 4.62. The number of likely N-dealkylation sites (tertiary alicyclic amines) is 1. The van der Waals surface area contributed by atoms with E-state index in [1.54, 1.807) is 0 Å². The fourth-order valence-corrected chi connectivity index (χ4v) is 3.01. The van der Waals surface area contributed by atoms with Gasteiger partial charge in [0, 0.05) is 11.5 Å². The van der Waals surface area contributed by atoms with Gasteiger partial charge in [0.25, 0.3) is 0 Å². The van der Waals surface area contributed by atoms with Gasteiger partial charge in [0.2, 0.25) is 0 Å². The van der Waals surface area contributed by atoms with Crippen molar-refractivity contribution in [3.8, 4) is 5.75 Å². The summed E-state index contributed by atoms with van der Waals surface area (Å²) >= 11 is 0. The molecule has 1 fully saturated rings. The van der Waals surface area contributed by atoms with Crippen molar-refractivity contribution in [2.75, 3.05) is 26.7 Å². The van der Waals surface area contributed by atoms with Gasteiger partial charge in [0.05, 0.1) is 6.61 Å². The molecule has 0 unspecified atom stereocenters. The van der Waals surface area contributed by atoms with Gasteiger partial charge in [-0.15, -0.1) is 0 Å². The number of carbonyl (C=O) groups is 1. The van der Waals surface area contributed by atoms with E-state index in [2.05, 4.69) is 11.9 Å². The molecule has 0 radical (unpaired) electrons. The van der Waals surface area contributed by atoms with Gasteiger partial charge in [-0.05, 0) is 76.0 Å². The molecule has 2 rings (SSSR count). The lowest BCUT2D eigenvalue weighted by molar-refractivity contribution is 0.0938. The summed E-state index contributed by atoms with van der Waals surface area (Å²) in [4.78, 5) is 14.5. The third kappa shape index (κ3) is 4.57. The maximum absolute atomic E-state index is 12.1. The lowest BCUT2D eigenvalue weighted by atomic mass is 9.94. The molecule has 0 aliphatic carbocycles. The minimum absolute atomic E-state index is 0.0369. The van der Waals surface area contributed by atoms with Crippen molar-refractivity contribution in [1.82, 2.24) is 4.90 Å². The standard InChI is InChI=1S/C19H29NO2/c1-14(2)19(21)18-6-5-17(13-15(18)3)22-12-9-16-7-10-20(4)11-8-16/h5-6,13-14,16H,7-12H2,1-4H3. The van der Waals surface area contributed by atoms with E-state index in [0.29, 0.717) is 0 Å². The summed E-state index contributed by atoms with van der Waals surface area (Å²) < 4.78 is 5.89. The molecule has 22 heavy (non-hydrogen) atoms. The minimum Gasteiger partial charge on any atom is -0.494 e. The van der Waals surface area contributed by atoms with Gasteiger partial charge in [-0.3, -0.25) is 4.79 Å². The smallest absolute Gasteiger partial charge is 0.165 e. The molecule has 1 aromatic carbocycles. The number of ketones is 1. The highest BCUT2D eigenvalue weighted by atomic mass is 16.5. The molecule has 0 atom stereocenters. The largest absolute Gasteiger partial charge is 0.494 e. The van der Waals surface area contributed by atoms with Crippen molar-refractivity contribution >= 4 is 5.78 Å². The summed E-state index contributed by atoms with van der Waals surface area (Å²) in [5.41, 5.74) is 1.83. The summed E-state index contributed by atoms with van der Waals surface area (Å²) in [6, 6.07) is 5.82. The topological polar surface area (TPSA) is 29.5 Å². The average Bonchev–Trinajstić information content (AvgIpc) is 2.49. The van der Waals surface area contributed by atoms with Crippen molar-refractivity contribution in [1.29, 1.82) is 0 Å². The summed E-state index contributed by atoms with van der Waals surface area (Å²) in [5, 5.41) is 0. The molecule has 1 aliphatic heterocycles. The second-order valence-corrected chi connectivity index (χ2v) is 6.88. The summed E-state index contributed by atoms with van der Waals surface area (Å²) in [5.74, 6) is 1.91. The van der Waals surface area contributed by atoms with Crippen LogP contribution >= 0.6 is 0 Å². The van der Waals surface area contributed by atoms with E-state index >= 15 is 0 Å². The summed E-state index contributed by atoms with van der Waals surface area (Å²) in [6.07, 6.45) is 3.68. The van der Waals surface area contributed by atoms with E-state index in [1.807, 2.05) is 39.0 Å². The Labute approximate surface area is 134 Å². The Morgan fingerprint density at radius 3 is 2.59 bits per heavy atom. The molecule has 3 nitrogen and oxygen atoms in total. The normalized spacial score (nSPS) is 17.0. The van der Waals surface area contributed by atoms with E-state index in [9.17, 15) is 4.79 Å². The molecule has 0 bridgehead atoms. The number of benzene rings is 1. The Bertz CT molecular complexity index is 502. The summed E-state index contributed by atoms with van der Waals surface area (Å²) in [7, 11) is 2.19. The van der Waals surface area contributed by atoms with Gasteiger partial charge in [-0.2, -0.15) is 0 Å². The zero-order valence-corrected chi connectivity index (χ0v) is 14.4. The molecule has 0 spiro atoms. The fraction of sp³-hybridized carbons (Fsp3) is 0.632. The van der Waals surface area contributed by atoms with Crippen LogP contribution in [-0.2, 0) is 0 Å². The fourth-order valence-electron chi connectivity index (χ4n) is 3.01. The van der Waals surface area contributed by atoms with Crippen LogP contribution in [0.3, 0.4) is 0 Å². The lowest BCUT2D eigenvalue weighted by Gasteiger charge is -2.28. The van der Waals surface area contributed by atoms with Crippen LogP contribution in [0.4, 0.5) is 0 Å². The van der Waals surface area contributed by atoms with E-state index in [1.165, 1.54) is 25.9 Å². The zero-order chi connectivity index (χ0) is 16.1. The molecular formula is C19H29NO2. The molecule has 122 valence electrons. The van der Waals surface area contributed by atoms with E-state index in [-0.39, 0.29) is 11.7 Å². The van der Waals surface area contributed by atoms with Crippen LogP contribution in [0.2, 0.25) is 0 Å². The quantitative estimate of drug-likeness (QED) is 0.745. The van der Waals surface area contributed by atoms with Crippen molar-refractivity contribution in [3.63, 3.8) is 0 Å². The second kappa shape index (κ2) is 7.77. The minimum atomic E-state index is 0.0369. The summed E-state index contributed by atoms with van der Waals surface area (Å²) in [6.45, 7) is 9.04. The number of Topliss-reactive ketones (excluding diaryl/α,β-unsaturated/α-hetero) is 1. The molecular weight excluding hydrogens is 274 g/mol. The highest BCUT2D eigenvalue weighted by Gasteiger charge is 2.17. The maximum atomic E-state index is 12.1. The average molecular weight is 303 g/mol. The number of rotatable bonds is 6. The molecule has 1 heterocycles. The molecule has 1 aliphatic rings. The first kappa shape index (κ1) is 17.0. The lowest BCUT2D eigenvalue weighted by Crippen LogP contribution is -2.30. The SMILES string of the molecule is Cc1cc(OCCC2CCN(C)CC2)ccc1C(=O)C(C)C. The van der Waals surface area contributed by atoms with Crippen LogP contribution in [0, 0.1) is 18.8 Å². The number of nitrogens with zero attached hydrogens (tertiary/aromatic N) is 1. The number of ether oxygens (including phenoxy) is 1. The van der Waals surface area contributed by atoms with E-state index in [4.69, 9.17) is 4.74 Å². The van der Waals surface area contributed by atoms with Gasteiger partial charge in [-0.1, -0.05) is 13.8 Å². The Morgan fingerprint density at radius 1 is 1.32 bits per heavy atom. The number of hydrogen-bond donors (Lipinski definition) is 0. The predicted octanol–water partition coefficient (Wildman–Crippen LogP) is 3.94. The number of aryl methyl sites for hydroxylation is 1. The molecule has 3 heteroatoms. The molecule has 1 aromatic rings. The van der Waals surface area contributed by atoms with Gasteiger partial charge < -0.3 is 9.64 Å². The monoisotopic (exact) mass is 303 g/mol.